The van der Waals surface area contributed by atoms with E-state index in [4.69, 9.17) is 0 Å². The van der Waals surface area contributed by atoms with Gasteiger partial charge in [0.15, 0.2) is 0 Å². The van der Waals surface area contributed by atoms with Crippen molar-refractivity contribution in [2.75, 3.05) is 0 Å². The largest absolute Gasteiger partial charge is 0.198 e. The summed E-state index contributed by atoms with van der Waals surface area (Å²) in [5, 5.41) is 10.6. The van der Waals surface area contributed by atoms with Gasteiger partial charge in [-0.05, 0) is 38.4 Å². The molecule has 0 aliphatic heterocycles. The van der Waals surface area contributed by atoms with Crippen molar-refractivity contribution in [3.05, 3.63) is 79.2 Å². The molecule has 5 aromatic rings. The molecule has 0 bridgehead atoms. The van der Waals surface area contributed by atoms with Crippen LogP contribution in [0.3, 0.4) is 0 Å². The van der Waals surface area contributed by atoms with Gasteiger partial charge in [-0.1, -0.05) is 47.9 Å². The molecule has 21 heavy (non-hydrogen) atoms. The molecule has 0 aliphatic carbocycles. The second-order valence-electron chi connectivity index (χ2n) is 5.74. The lowest BCUT2D eigenvalue weighted by Crippen LogP contribution is -1.87. The van der Waals surface area contributed by atoms with E-state index in [2.05, 4.69) is 73.7 Å². The molecule has 0 nitrogen and oxygen atoms in total. The van der Waals surface area contributed by atoms with Crippen molar-refractivity contribution in [2.45, 2.75) is 0 Å². The lowest BCUT2D eigenvalue weighted by Gasteiger charge is -2.18. The van der Waals surface area contributed by atoms with Crippen LogP contribution in [-0.2, 0) is 0 Å². The summed E-state index contributed by atoms with van der Waals surface area (Å²) in [6, 6.07) is 24.1. The molecular weight excluding hydrogens is 252 g/mol. The predicted octanol–water partition coefficient (Wildman–Crippen LogP) is 5.92. The first-order valence-electron chi connectivity index (χ1n) is 7.24. The molecule has 0 heteroatoms. The van der Waals surface area contributed by atoms with Crippen LogP contribution < -0.4 is 0 Å². The number of benzene rings is 5. The Morgan fingerprint density at radius 1 is 0.524 bits per heavy atom. The minimum absolute atomic E-state index is 1.10. The van der Waals surface area contributed by atoms with Gasteiger partial charge in [0.1, 0.15) is 0 Å². The Hall–Kier alpha value is -2.73. The number of hydrogen-bond acceptors (Lipinski definition) is 0. The highest BCUT2D eigenvalue weighted by atomic mass is 14.1. The van der Waals surface area contributed by atoms with Gasteiger partial charge in [0.05, 0.1) is 0 Å². The van der Waals surface area contributed by atoms with Gasteiger partial charge in [0, 0.05) is 0 Å². The quantitative estimate of drug-likeness (QED) is 0.185. The zero-order valence-corrected chi connectivity index (χ0v) is 11.6. The highest BCUT2D eigenvalue weighted by molar-refractivity contribution is 6.29. The van der Waals surface area contributed by atoms with Gasteiger partial charge >= 0.3 is 0 Å². The van der Waals surface area contributed by atoms with Crippen LogP contribution in [0, 0.1) is 6.92 Å². The highest BCUT2D eigenvalue weighted by Crippen LogP contribution is 2.39. The molecule has 0 amide bonds. The molecule has 0 aliphatic rings. The normalized spacial score (nSPS) is 12.0. The van der Waals surface area contributed by atoms with Crippen molar-refractivity contribution in [3.63, 3.8) is 0 Å². The fourth-order valence-electron chi connectivity index (χ4n) is 3.62. The van der Waals surface area contributed by atoms with E-state index in [9.17, 15) is 0 Å². The van der Waals surface area contributed by atoms with E-state index in [1.165, 1.54) is 43.1 Å². The zero-order valence-electron chi connectivity index (χ0n) is 11.6. The van der Waals surface area contributed by atoms with Crippen LogP contribution in [0.25, 0.3) is 43.1 Å². The molecule has 98 valence electrons. The van der Waals surface area contributed by atoms with Crippen molar-refractivity contribution in [1.29, 1.82) is 0 Å². The molecule has 0 aromatic heterocycles. The first kappa shape index (κ1) is 11.0. The third kappa shape index (κ3) is 1.32. The molecule has 0 spiro atoms. The number of fused-ring (bicyclic) bond motifs is 2. The number of hydrogen-bond donors (Lipinski definition) is 0. The van der Waals surface area contributed by atoms with E-state index in [0.717, 1.165) is 5.56 Å². The fraction of sp³-hybridized carbons (Fsp3) is 0. The Labute approximate surface area is 123 Å². The van der Waals surface area contributed by atoms with E-state index in [1.54, 1.807) is 0 Å². The first-order chi connectivity index (χ1) is 10.3. The van der Waals surface area contributed by atoms with Crippen molar-refractivity contribution >= 4 is 43.1 Å². The summed E-state index contributed by atoms with van der Waals surface area (Å²) in [6.45, 7) is 4.19. The number of rotatable bonds is 0. The zero-order chi connectivity index (χ0) is 14.0. The summed E-state index contributed by atoms with van der Waals surface area (Å²) in [7, 11) is 0. The molecular formula is C21H13-. The summed E-state index contributed by atoms with van der Waals surface area (Å²) in [5.41, 5.74) is 1.10. The molecule has 0 unspecified atom stereocenters. The monoisotopic (exact) mass is 265 g/mol. The molecule has 0 saturated carbocycles. The minimum Gasteiger partial charge on any atom is -0.198 e. The van der Waals surface area contributed by atoms with E-state index in [0.29, 0.717) is 0 Å². The Morgan fingerprint density at radius 3 is 2.19 bits per heavy atom. The Balaban J connectivity index is 2.21. The van der Waals surface area contributed by atoms with Gasteiger partial charge in [-0.15, -0.1) is 17.5 Å². The Kier molecular flexibility index (Phi) is 1.92. The minimum atomic E-state index is 1.10. The molecule has 0 N–H and O–H groups in total. The summed E-state index contributed by atoms with van der Waals surface area (Å²) in [4.78, 5) is 0. The summed E-state index contributed by atoms with van der Waals surface area (Å²) in [5.74, 6) is 0. The second-order valence-corrected chi connectivity index (χ2v) is 5.74. The summed E-state index contributed by atoms with van der Waals surface area (Å²) in [6.07, 6.45) is 0. The Bertz CT molecular complexity index is 1130. The third-order valence-electron chi connectivity index (χ3n) is 4.60. The van der Waals surface area contributed by atoms with Crippen LogP contribution in [0.1, 0.15) is 5.56 Å². The van der Waals surface area contributed by atoms with E-state index in [1.807, 2.05) is 0 Å². The van der Waals surface area contributed by atoms with Crippen LogP contribution in [0.5, 0.6) is 0 Å². The van der Waals surface area contributed by atoms with Crippen LogP contribution >= 0.6 is 0 Å². The van der Waals surface area contributed by atoms with Gasteiger partial charge in [-0.2, -0.15) is 18.6 Å². The molecule has 5 aromatic carbocycles. The maximum Gasteiger partial charge on any atom is -0.0106 e. The standard InChI is InChI=1S/C21H13/c1-13-6-7-14-8-9-16-12-15-4-2-3-5-18(15)19-11-10-17(13)20(14)21(16)19/h2-12H,1H2/q-1. The first-order valence-corrected chi connectivity index (χ1v) is 7.24. The lowest BCUT2D eigenvalue weighted by molar-refractivity contribution is 1.72. The van der Waals surface area contributed by atoms with Crippen molar-refractivity contribution < 1.29 is 0 Å². The average Bonchev–Trinajstić information content (AvgIpc) is 2.54. The van der Waals surface area contributed by atoms with Crippen molar-refractivity contribution in [3.8, 4) is 0 Å². The van der Waals surface area contributed by atoms with Crippen LogP contribution in [-0.4, -0.2) is 0 Å². The van der Waals surface area contributed by atoms with Crippen molar-refractivity contribution in [1.82, 2.24) is 0 Å². The molecule has 0 heterocycles. The molecule has 0 radical (unpaired) electrons. The van der Waals surface area contributed by atoms with Gasteiger partial charge in [0.2, 0.25) is 0 Å². The maximum atomic E-state index is 4.19. The smallest absolute Gasteiger partial charge is 0.0106 e. The summed E-state index contributed by atoms with van der Waals surface area (Å²) >= 11 is 0. The topological polar surface area (TPSA) is 0 Å². The van der Waals surface area contributed by atoms with Crippen LogP contribution in [0.2, 0.25) is 0 Å². The fourth-order valence-corrected chi connectivity index (χ4v) is 3.62. The second kappa shape index (κ2) is 3.67. The summed E-state index contributed by atoms with van der Waals surface area (Å²) < 4.78 is 0. The average molecular weight is 265 g/mol. The molecule has 5 rings (SSSR count). The van der Waals surface area contributed by atoms with E-state index < -0.39 is 0 Å². The maximum absolute atomic E-state index is 4.19. The molecule has 0 atom stereocenters. The van der Waals surface area contributed by atoms with Gasteiger partial charge in [0.25, 0.3) is 0 Å². The van der Waals surface area contributed by atoms with Gasteiger partial charge in [-0.3, -0.25) is 0 Å². The third-order valence-corrected chi connectivity index (χ3v) is 4.60. The van der Waals surface area contributed by atoms with Crippen molar-refractivity contribution in [2.24, 2.45) is 0 Å². The van der Waals surface area contributed by atoms with E-state index >= 15 is 0 Å². The Morgan fingerprint density at radius 2 is 1.24 bits per heavy atom. The predicted molar refractivity (Wildman–Crippen MR) is 92.1 cm³/mol. The SMILES string of the molecule is [CH2-]c1ccc2ccc3cc4ccccc4c4ccc1c2c34. The van der Waals surface area contributed by atoms with Gasteiger partial charge in [-0.25, -0.2) is 0 Å². The van der Waals surface area contributed by atoms with Crippen LogP contribution in [0.4, 0.5) is 0 Å². The van der Waals surface area contributed by atoms with Crippen LogP contribution in [0.15, 0.2) is 66.7 Å². The van der Waals surface area contributed by atoms with Gasteiger partial charge < -0.3 is 0 Å². The highest BCUT2D eigenvalue weighted by Gasteiger charge is 2.08. The van der Waals surface area contributed by atoms with E-state index in [-0.39, 0.29) is 0 Å². The molecule has 0 saturated heterocycles. The lowest BCUT2D eigenvalue weighted by atomic mass is 9.90. The molecule has 0 fully saturated rings.